The van der Waals surface area contributed by atoms with Crippen molar-refractivity contribution in [2.45, 2.75) is 44.9 Å². The fourth-order valence-corrected chi connectivity index (χ4v) is 4.40. The predicted octanol–water partition coefficient (Wildman–Crippen LogP) is 5.10. The number of methoxy groups -OCH3 is 1. The first-order chi connectivity index (χ1) is 13.6. The number of halogens is 1. The average Bonchev–Trinajstić information content (AvgIpc) is 3.36. The summed E-state index contributed by atoms with van der Waals surface area (Å²) in [6, 6.07) is 10.2. The van der Waals surface area contributed by atoms with E-state index < -0.39 is 0 Å². The molecular formula is C22H27ClN4O. The van der Waals surface area contributed by atoms with Crippen LogP contribution >= 0.6 is 11.6 Å². The minimum Gasteiger partial charge on any atom is -0.497 e. The van der Waals surface area contributed by atoms with Crippen molar-refractivity contribution in [1.29, 1.82) is 0 Å². The molecule has 2 aromatic heterocycles. The standard InChI is InChI=1S/C22H27ClN4O/c1-4-12-26(13-5-2)21-15-19(25-20-8-11-24-27(20)21)22(9-10-22)17-7-6-16(28-3)14-18(17)23/h6-8,11,14-15H,4-5,9-10,12-13H2,1-3H3. The second kappa shape index (κ2) is 7.63. The van der Waals surface area contributed by atoms with Crippen molar-refractivity contribution >= 4 is 23.1 Å². The summed E-state index contributed by atoms with van der Waals surface area (Å²) in [5.41, 5.74) is 2.99. The molecule has 2 heterocycles. The summed E-state index contributed by atoms with van der Waals surface area (Å²) in [4.78, 5) is 7.39. The quantitative estimate of drug-likeness (QED) is 0.529. The van der Waals surface area contributed by atoms with Crippen molar-refractivity contribution in [2.24, 2.45) is 0 Å². The van der Waals surface area contributed by atoms with E-state index in [1.807, 2.05) is 28.9 Å². The summed E-state index contributed by atoms with van der Waals surface area (Å²) in [5, 5.41) is 5.27. The summed E-state index contributed by atoms with van der Waals surface area (Å²) in [5.74, 6) is 1.89. The second-order valence-corrected chi connectivity index (χ2v) is 7.92. The Morgan fingerprint density at radius 1 is 1.14 bits per heavy atom. The summed E-state index contributed by atoms with van der Waals surface area (Å²) in [7, 11) is 1.66. The minimum atomic E-state index is -0.117. The lowest BCUT2D eigenvalue weighted by atomic mass is 9.91. The molecule has 6 heteroatoms. The van der Waals surface area contributed by atoms with Crippen LogP contribution in [-0.4, -0.2) is 34.8 Å². The van der Waals surface area contributed by atoms with Crippen molar-refractivity contribution in [1.82, 2.24) is 14.6 Å². The van der Waals surface area contributed by atoms with Crippen LogP contribution in [0.5, 0.6) is 5.75 Å². The van der Waals surface area contributed by atoms with Crippen LogP contribution in [0.2, 0.25) is 5.02 Å². The number of aromatic nitrogens is 3. The van der Waals surface area contributed by atoms with Crippen LogP contribution in [0.4, 0.5) is 5.82 Å². The fourth-order valence-electron chi connectivity index (χ4n) is 4.05. The lowest BCUT2D eigenvalue weighted by molar-refractivity contribution is 0.414. The molecule has 0 saturated heterocycles. The highest BCUT2D eigenvalue weighted by atomic mass is 35.5. The van der Waals surface area contributed by atoms with Crippen molar-refractivity contribution in [2.75, 3.05) is 25.1 Å². The van der Waals surface area contributed by atoms with Gasteiger partial charge in [0, 0.05) is 35.7 Å². The molecule has 0 amide bonds. The van der Waals surface area contributed by atoms with Gasteiger partial charge in [0.1, 0.15) is 11.6 Å². The summed E-state index contributed by atoms with van der Waals surface area (Å²) >= 11 is 6.65. The molecule has 1 aromatic carbocycles. The number of benzene rings is 1. The molecule has 0 spiro atoms. The third-order valence-corrected chi connectivity index (χ3v) is 5.90. The molecule has 0 unspecified atom stereocenters. The minimum absolute atomic E-state index is 0.117. The van der Waals surface area contributed by atoms with Gasteiger partial charge >= 0.3 is 0 Å². The molecule has 0 aliphatic heterocycles. The second-order valence-electron chi connectivity index (χ2n) is 7.52. The number of hydrogen-bond donors (Lipinski definition) is 0. The van der Waals surface area contributed by atoms with Gasteiger partial charge in [0.25, 0.3) is 0 Å². The van der Waals surface area contributed by atoms with Gasteiger partial charge in [-0.2, -0.15) is 9.61 Å². The van der Waals surface area contributed by atoms with Gasteiger partial charge in [0.15, 0.2) is 5.65 Å². The van der Waals surface area contributed by atoms with Crippen molar-refractivity contribution < 1.29 is 4.74 Å². The summed E-state index contributed by atoms with van der Waals surface area (Å²) in [6.07, 6.45) is 6.12. The lowest BCUT2D eigenvalue weighted by Gasteiger charge is -2.26. The van der Waals surface area contributed by atoms with E-state index in [0.29, 0.717) is 0 Å². The third-order valence-electron chi connectivity index (χ3n) is 5.58. The Morgan fingerprint density at radius 2 is 1.89 bits per heavy atom. The summed E-state index contributed by atoms with van der Waals surface area (Å²) in [6.45, 7) is 6.43. The molecule has 1 aliphatic rings. The molecule has 28 heavy (non-hydrogen) atoms. The van der Waals surface area contributed by atoms with Gasteiger partial charge in [-0.05, 0) is 43.4 Å². The first-order valence-corrected chi connectivity index (χ1v) is 10.4. The van der Waals surface area contributed by atoms with E-state index in [9.17, 15) is 0 Å². The molecule has 1 aliphatic carbocycles. The largest absolute Gasteiger partial charge is 0.497 e. The molecule has 5 nitrogen and oxygen atoms in total. The van der Waals surface area contributed by atoms with E-state index in [2.05, 4.69) is 36.0 Å². The maximum absolute atomic E-state index is 6.65. The maximum atomic E-state index is 6.65. The van der Waals surface area contributed by atoms with Crippen molar-refractivity contribution in [3.8, 4) is 5.75 Å². The molecule has 0 bridgehead atoms. The number of nitrogens with zero attached hydrogens (tertiary/aromatic N) is 4. The monoisotopic (exact) mass is 398 g/mol. The number of anilines is 1. The highest BCUT2D eigenvalue weighted by Crippen LogP contribution is 2.55. The lowest BCUT2D eigenvalue weighted by Crippen LogP contribution is -2.28. The SMILES string of the molecule is CCCN(CCC)c1cc(C2(c3ccc(OC)cc3Cl)CC2)nc2ccnn12. The third kappa shape index (κ3) is 3.22. The molecular weight excluding hydrogens is 372 g/mol. The molecule has 0 N–H and O–H groups in total. The molecule has 4 rings (SSSR count). The van der Waals surface area contributed by atoms with Gasteiger partial charge in [-0.1, -0.05) is 31.5 Å². The Bertz CT molecular complexity index is 974. The smallest absolute Gasteiger partial charge is 0.157 e. The molecule has 1 fully saturated rings. The Labute approximate surface area is 171 Å². The van der Waals surface area contributed by atoms with Gasteiger partial charge in [0.2, 0.25) is 0 Å². The van der Waals surface area contributed by atoms with Crippen LogP contribution in [0.15, 0.2) is 36.5 Å². The molecule has 148 valence electrons. The van der Waals surface area contributed by atoms with Crippen LogP contribution in [0, 0.1) is 0 Å². The maximum Gasteiger partial charge on any atom is 0.157 e. The Morgan fingerprint density at radius 3 is 2.50 bits per heavy atom. The van der Waals surface area contributed by atoms with Crippen LogP contribution < -0.4 is 9.64 Å². The summed E-state index contributed by atoms with van der Waals surface area (Å²) < 4.78 is 7.28. The number of ether oxygens (including phenoxy) is 1. The van der Waals surface area contributed by atoms with Crippen molar-refractivity contribution in [3.63, 3.8) is 0 Å². The molecule has 3 aromatic rings. The van der Waals surface area contributed by atoms with E-state index in [0.717, 1.165) is 72.3 Å². The Hall–Kier alpha value is -2.27. The average molecular weight is 399 g/mol. The van der Waals surface area contributed by atoms with Gasteiger partial charge in [0.05, 0.1) is 19.0 Å². The fraction of sp³-hybridized carbons (Fsp3) is 0.455. The van der Waals surface area contributed by atoms with E-state index in [-0.39, 0.29) is 5.41 Å². The van der Waals surface area contributed by atoms with E-state index in [4.69, 9.17) is 21.3 Å². The topological polar surface area (TPSA) is 42.7 Å². The molecule has 0 radical (unpaired) electrons. The van der Waals surface area contributed by atoms with Gasteiger partial charge in [-0.25, -0.2) is 4.98 Å². The van der Waals surface area contributed by atoms with E-state index in [1.165, 1.54) is 0 Å². The predicted molar refractivity (Wildman–Crippen MR) is 114 cm³/mol. The zero-order valence-corrected chi connectivity index (χ0v) is 17.5. The first-order valence-electron chi connectivity index (χ1n) is 10.1. The highest BCUT2D eigenvalue weighted by molar-refractivity contribution is 6.31. The van der Waals surface area contributed by atoms with E-state index >= 15 is 0 Å². The van der Waals surface area contributed by atoms with Crippen LogP contribution in [-0.2, 0) is 5.41 Å². The Kier molecular flexibility index (Phi) is 5.19. The van der Waals surface area contributed by atoms with Crippen LogP contribution in [0.25, 0.3) is 5.65 Å². The highest BCUT2D eigenvalue weighted by Gasteiger charge is 2.49. The van der Waals surface area contributed by atoms with Crippen LogP contribution in [0.3, 0.4) is 0 Å². The van der Waals surface area contributed by atoms with Gasteiger partial charge in [-0.3, -0.25) is 0 Å². The molecule has 1 saturated carbocycles. The molecule has 0 atom stereocenters. The zero-order valence-electron chi connectivity index (χ0n) is 16.8. The number of fused-ring (bicyclic) bond motifs is 1. The van der Waals surface area contributed by atoms with Crippen molar-refractivity contribution in [3.05, 3.63) is 52.8 Å². The Balaban J connectivity index is 1.83. The normalized spacial score (nSPS) is 15.0. The van der Waals surface area contributed by atoms with Crippen LogP contribution in [0.1, 0.15) is 50.8 Å². The zero-order chi connectivity index (χ0) is 19.7. The first kappa shape index (κ1) is 19.1. The van der Waals surface area contributed by atoms with E-state index in [1.54, 1.807) is 7.11 Å². The van der Waals surface area contributed by atoms with Gasteiger partial charge < -0.3 is 9.64 Å². The number of hydrogen-bond acceptors (Lipinski definition) is 4. The number of rotatable bonds is 8. The van der Waals surface area contributed by atoms with Gasteiger partial charge in [-0.15, -0.1) is 0 Å².